The molecule has 0 radical (unpaired) electrons. The number of unbranched alkanes of at least 4 members (excludes halogenated alkanes) is 1. The van der Waals surface area contributed by atoms with Gasteiger partial charge in [-0.3, -0.25) is 4.79 Å². The van der Waals surface area contributed by atoms with Crippen LogP contribution in [0.2, 0.25) is 0 Å². The quantitative estimate of drug-likeness (QED) is 0.374. The number of benzene rings is 2. The molecule has 0 heterocycles. The van der Waals surface area contributed by atoms with Crippen molar-refractivity contribution in [3.05, 3.63) is 59.7 Å². The van der Waals surface area contributed by atoms with Crippen molar-refractivity contribution >= 4 is 22.0 Å². The van der Waals surface area contributed by atoms with E-state index >= 15 is 0 Å². The van der Waals surface area contributed by atoms with Gasteiger partial charge >= 0.3 is 0 Å². The number of sulfonamides is 1. The predicted molar refractivity (Wildman–Crippen MR) is 124 cm³/mol. The Hall–Kier alpha value is -2.84. The van der Waals surface area contributed by atoms with Crippen molar-refractivity contribution in [3.63, 3.8) is 0 Å². The highest BCUT2D eigenvalue weighted by atomic mass is 32.2. The maximum Gasteiger partial charge on any atom is 0.244 e. The van der Waals surface area contributed by atoms with Crippen molar-refractivity contribution < 1.29 is 22.7 Å². The lowest BCUT2D eigenvalue weighted by Gasteiger charge is -2.11. The van der Waals surface area contributed by atoms with Crippen LogP contribution in [0.1, 0.15) is 43.7 Å². The summed E-state index contributed by atoms with van der Waals surface area (Å²) in [5, 5.41) is 2.80. The Morgan fingerprint density at radius 2 is 1.88 bits per heavy atom. The largest absolute Gasteiger partial charge is 0.493 e. The molecule has 0 atom stereocenters. The summed E-state index contributed by atoms with van der Waals surface area (Å²) in [7, 11) is -1.88. The van der Waals surface area contributed by atoms with Crippen LogP contribution in [0.3, 0.4) is 0 Å². The molecule has 1 fully saturated rings. The third-order valence-corrected chi connectivity index (χ3v) is 6.51. The molecule has 1 amide bonds. The molecule has 8 heteroatoms. The molecule has 2 N–H and O–H groups in total. The third-order valence-electron chi connectivity index (χ3n) is 4.97. The minimum atomic E-state index is -3.47. The standard InChI is InChI=1S/C24H30N2O5S/c1-3-4-15-31-22-13-7-18(16-23(22)30-2)8-14-24(27)25-17-19-5-11-21(12-6-19)32(28,29)26-20-9-10-20/h5-8,11-14,16,20,26H,3-4,9-10,15,17H2,1-2H3,(H,25,27). The second-order valence-electron chi connectivity index (χ2n) is 7.70. The number of carbonyl (C=O) groups excluding carboxylic acids is 1. The minimum Gasteiger partial charge on any atom is -0.493 e. The molecule has 0 spiro atoms. The lowest BCUT2D eigenvalue weighted by Crippen LogP contribution is -2.25. The number of hydrogen-bond acceptors (Lipinski definition) is 5. The van der Waals surface area contributed by atoms with Gasteiger partial charge in [-0.25, -0.2) is 13.1 Å². The molecule has 0 unspecified atom stereocenters. The van der Waals surface area contributed by atoms with Gasteiger partial charge in [0.1, 0.15) is 0 Å². The van der Waals surface area contributed by atoms with E-state index < -0.39 is 10.0 Å². The Kier molecular flexibility index (Phi) is 8.30. The zero-order valence-corrected chi connectivity index (χ0v) is 19.3. The zero-order chi connectivity index (χ0) is 23.0. The van der Waals surface area contributed by atoms with Crippen LogP contribution in [0, 0.1) is 0 Å². The maximum absolute atomic E-state index is 12.2. The summed E-state index contributed by atoms with van der Waals surface area (Å²) < 4.78 is 38.2. The molecule has 1 aliphatic carbocycles. The van der Waals surface area contributed by atoms with Crippen molar-refractivity contribution in [1.82, 2.24) is 10.0 Å². The molecule has 2 aromatic rings. The van der Waals surface area contributed by atoms with Crippen LogP contribution in [0.25, 0.3) is 6.08 Å². The molecule has 3 rings (SSSR count). The number of hydrogen-bond donors (Lipinski definition) is 2. The second kappa shape index (κ2) is 11.2. The zero-order valence-electron chi connectivity index (χ0n) is 18.5. The molecule has 1 aliphatic rings. The van der Waals surface area contributed by atoms with Gasteiger partial charge in [0.2, 0.25) is 15.9 Å². The van der Waals surface area contributed by atoms with E-state index in [0.717, 1.165) is 36.8 Å². The van der Waals surface area contributed by atoms with E-state index in [1.165, 1.54) is 6.08 Å². The summed E-state index contributed by atoms with van der Waals surface area (Å²) in [5.41, 5.74) is 1.63. The fourth-order valence-electron chi connectivity index (χ4n) is 2.93. The van der Waals surface area contributed by atoms with E-state index in [1.54, 1.807) is 37.5 Å². The average molecular weight is 459 g/mol. The number of nitrogens with one attached hydrogen (secondary N) is 2. The summed E-state index contributed by atoms with van der Waals surface area (Å²) in [6.07, 6.45) is 6.96. The monoisotopic (exact) mass is 458 g/mol. The fourth-order valence-corrected chi connectivity index (χ4v) is 4.23. The number of rotatable bonds is 12. The van der Waals surface area contributed by atoms with Gasteiger partial charge in [-0.15, -0.1) is 0 Å². The van der Waals surface area contributed by atoms with Crippen molar-refractivity contribution in [2.45, 2.75) is 50.1 Å². The van der Waals surface area contributed by atoms with Gasteiger partial charge in [-0.05, 0) is 60.7 Å². The molecule has 1 saturated carbocycles. The minimum absolute atomic E-state index is 0.0653. The van der Waals surface area contributed by atoms with Gasteiger partial charge in [0.05, 0.1) is 18.6 Å². The van der Waals surface area contributed by atoms with Gasteiger partial charge in [0.15, 0.2) is 11.5 Å². The summed E-state index contributed by atoms with van der Waals surface area (Å²) in [6, 6.07) is 12.1. The lowest BCUT2D eigenvalue weighted by atomic mass is 10.2. The maximum atomic E-state index is 12.2. The van der Waals surface area contributed by atoms with Gasteiger partial charge in [-0.2, -0.15) is 0 Å². The Labute approximate surface area is 189 Å². The SMILES string of the molecule is CCCCOc1ccc(C=CC(=O)NCc2ccc(S(=O)(=O)NC3CC3)cc2)cc1OC. The first-order chi connectivity index (χ1) is 15.4. The molecule has 32 heavy (non-hydrogen) atoms. The van der Waals surface area contributed by atoms with Crippen molar-refractivity contribution in [1.29, 1.82) is 0 Å². The molecular formula is C24H30N2O5S. The van der Waals surface area contributed by atoms with E-state index in [-0.39, 0.29) is 16.8 Å². The van der Waals surface area contributed by atoms with Crippen LogP contribution in [0.4, 0.5) is 0 Å². The van der Waals surface area contributed by atoms with Crippen LogP contribution >= 0.6 is 0 Å². The molecule has 0 aromatic heterocycles. The van der Waals surface area contributed by atoms with E-state index in [9.17, 15) is 13.2 Å². The summed E-state index contributed by atoms with van der Waals surface area (Å²) in [6.45, 7) is 3.04. The first-order valence-electron chi connectivity index (χ1n) is 10.8. The number of methoxy groups -OCH3 is 1. The molecule has 0 bridgehead atoms. The molecule has 2 aromatic carbocycles. The van der Waals surface area contributed by atoms with E-state index in [4.69, 9.17) is 9.47 Å². The lowest BCUT2D eigenvalue weighted by molar-refractivity contribution is -0.116. The van der Waals surface area contributed by atoms with E-state index in [1.807, 2.05) is 18.2 Å². The highest BCUT2D eigenvalue weighted by molar-refractivity contribution is 7.89. The van der Waals surface area contributed by atoms with Crippen LogP contribution in [-0.2, 0) is 21.4 Å². The van der Waals surface area contributed by atoms with Gasteiger partial charge in [-0.1, -0.05) is 31.5 Å². The van der Waals surface area contributed by atoms with Crippen LogP contribution in [0.5, 0.6) is 11.5 Å². The molecule has 0 aliphatic heterocycles. The van der Waals surface area contributed by atoms with Gasteiger partial charge < -0.3 is 14.8 Å². The normalized spacial score (nSPS) is 13.8. The molecule has 0 saturated heterocycles. The van der Waals surface area contributed by atoms with Crippen LogP contribution in [0.15, 0.2) is 53.4 Å². The van der Waals surface area contributed by atoms with Gasteiger partial charge in [0.25, 0.3) is 0 Å². The molecule has 7 nitrogen and oxygen atoms in total. The fraction of sp³-hybridized carbons (Fsp3) is 0.375. The van der Waals surface area contributed by atoms with Crippen molar-refractivity contribution in [3.8, 4) is 11.5 Å². The summed E-state index contributed by atoms with van der Waals surface area (Å²) in [4.78, 5) is 12.4. The number of amides is 1. The van der Waals surface area contributed by atoms with Crippen molar-refractivity contribution in [2.24, 2.45) is 0 Å². The van der Waals surface area contributed by atoms with Gasteiger partial charge in [0, 0.05) is 18.7 Å². The Morgan fingerprint density at radius 3 is 2.53 bits per heavy atom. The first kappa shape index (κ1) is 23.8. The second-order valence-corrected chi connectivity index (χ2v) is 9.42. The van der Waals surface area contributed by atoms with Crippen LogP contribution < -0.4 is 19.5 Å². The van der Waals surface area contributed by atoms with Crippen LogP contribution in [-0.4, -0.2) is 34.1 Å². The first-order valence-corrected chi connectivity index (χ1v) is 12.3. The number of ether oxygens (including phenoxy) is 2. The summed E-state index contributed by atoms with van der Waals surface area (Å²) >= 11 is 0. The molecular weight excluding hydrogens is 428 g/mol. The summed E-state index contributed by atoms with van der Waals surface area (Å²) in [5.74, 6) is 1.05. The third kappa shape index (κ3) is 7.10. The predicted octanol–water partition coefficient (Wildman–Crippen LogP) is 3.64. The topological polar surface area (TPSA) is 93.7 Å². The highest BCUT2D eigenvalue weighted by Gasteiger charge is 2.27. The smallest absolute Gasteiger partial charge is 0.244 e. The average Bonchev–Trinajstić information content (AvgIpc) is 3.60. The number of carbonyl (C=O) groups is 1. The highest BCUT2D eigenvalue weighted by Crippen LogP contribution is 2.28. The Balaban J connectivity index is 1.52. The molecule has 172 valence electrons. The Morgan fingerprint density at radius 1 is 1.12 bits per heavy atom. The van der Waals surface area contributed by atoms with Crippen molar-refractivity contribution in [2.75, 3.05) is 13.7 Å². The van der Waals surface area contributed by atoms with E-state index in [2.05, 4.69) is 17.0 Å². The Bertz CT molecular complexity index is 1040. The van der Waals surface area contributed by atoms with E-state index in [0.29, 0.717) is 24.7 Å².